The first kappa shape index (κ1) is 21.8. The Morgan fingerprint density at radius 1 is 0.656 bits per heavy atom. The average Bonchev–Trinajstić information content (AvgIpc) is 3.30. The fourth-order valence-corrected chi connectivity index (χ4v) is 3.36. The van der Waals surface area contributed by atoms with Crippen LogP contribution in [0.25, 0.3) is 34.0 Å². The van der Waals surface area contributed by atoms with Gasteiger partial charge in [-0.2, -0.15) is 0 Å². The average molecular weight is 429 g/mol. The third kappa shape index (κ3) is 5.06. The smallest absolute Gasteiger partial charge is 0.248 e. The summed E-state index contributed by atoms with van der Waals surface area (Å²) in [6.45, 7) is 7.70. The predicted octanol–water partition coefficient (Wildman–Crippen LogP) is 6.39. The maximum Gasteiger partial charge on any atom is 0.248 e. The Morgan fingerprint density at radius 2 is 1.12 bits per heavy atom. The molecule has 5 heteroatoms. The molecule has 0 bridgehead atoms. The molecule has 3 aromatic carbocycles. The number of nitrogens with zero attached hydrogens (tertiary/aromatic N) is 2. The molecule has 32 heavy (non-hydrogen) atoms. The summed E-state index contributed by atoms with van der Waals surface area (Å²) in [7, 11) is 1.66. The minimum absolute atomic E-state index is 0.109. The van der Waals surface area contributed by atoms with Gasteiger partial charge in [-0.1, -0.05) is 57.2 Å². The van der Waals surface area contributed by atoms with Gasteiger partial charge in [0.15, 0.2) is 0 Å². The van der Waals surface area contributed by atoms with Crippen LogP contribution in [0.4, 0.5) is 0 Å². The highest BCUT2D eigenvalue weighted by Gasteiger charge is 2.15. The molecule has 0 aliphatic carbocycles. The highest BCUT2D eigenvalue weighted by molar-refractivity contribution is 5.68. The molecule has 0 unspecified atom stereocenters. The van der Waals surface area contributed by atoms with Crippen LogP contribution < -0.4 is 4.74 Å². The second-order valence-electron chi connectivity index (χ2n) is 8.68. The summed E-state index contributed by atoms with van der Waals surface area (Å²) in [4.78, 5) is 0. The van der Waals surface area contributed by atoms with Gasteiger partial charge in [0.1, 0.15) is 12.4 Å². The second-order valence-corrected chi connectivity index (χ2v) is 8.68. The first-order chi connectivity index (χ1) is 15.4. The van der Waals surface area contributed by atoms with Crippen LogP contribution in [0, 0.1) is 0 Å². The zero-order chi connectivity index (χ0) is 22.6. The lowest BCUT2D eigenvalue weighted by molar-refractivity contribution is 0.146. The third-order valence-electron chi connectivity index (χ3n) is 5.30. The molecule has 0 spiro atoms. The zero-order valence-corrected chi connectivity index (χ0v) is 19.0. The number of benzene rings is 3. The predicted molar refractivity (Wildman–Crippen MR) is 127 cm³/mol. The normalized spacial score (nSPS) is 11.5. The molecule has 0 saturated carbocycles. The summed E-state index contributed by atoms with van der Waals surface area (Å²) in [5.74, 6) is 1.86. The molecule has 0 N–H and O–H groups in total. The van der Waals surface area contributed by atoms with E-state index in [9.17, 15) is 0 Å². The van der Waals surface area contributed by atoms with Crippen molar-refractivity contribution in [2.24, 2.45) is 0 Å². The van der Waals surface area contributed by atoms with Crippen molar-refractivity contribution >= 4 is 0 Å². The van der Waals surface area contributed by atoms with Crippen molar-refractivity contribution in [2.45, 2.75) is 26.2 Å². The summed E-state index contributed by atoms with van der Waals surface area (Å²) in [5, 5.41) is 8.48. The lowest BCUT2D eigenvalue weighted by atomic mass is 9.87. The Morgan fingerprint density at radius 3 is 1.62 bits per heavy atom. The Kier molecular flexibility index (Phi) is 6.37. The van der Waals surface area contributed by atoms with Gasteiger partial charge >= 0.3 is 0 Å². The highest BCUT2D eigenvalue weighted by atomic mass is 16.5. The maximum atomic E-state index is 5.94. The first-order valence-electron chi connectivity index (χ1n) is 10.7. The Bertz CT molecular complexity index is 1140. The molecule has 4 rings (SSSR count). The summed E-state index contributed by atoms with van der Waals surface area (Å²) >= 11 is 0. The van der Waals surface area contributed by atoms with Gasteiger partial charge in [-0.05, 0) is 58.5 Å². The van der Waals surface area contributed by atoms with Crippen molar-refractivity contribution in [3.05, 3.63) is 78.4 Å². The number of rotatable bonds is 7. The molecule has 5 nitrogen and oxygen atoms in total. The molecule has 0 atom stereocenters. The molecule has 0 radical (unpaired) electrons. The van der Waals surface area contributed by atoms with E-state index in [-0.39, 0.29) is 5.41 Å². The van der Waals surface area contributed by atoms with Gasteiger partial charge in [0.2, 0.25) is 11.8 Å². The van der Waals surface area contributed by atoms with Crippen molar-refractivity contribution in [1.29, 1.82) is 0 Å². The van der Waals surface area contributed by atoms with Gasteiger partial charge < -0.3 is 13.9 Å². The van der Waals surface area contributed by atoms with Gasteiger partial charge in [0.05, 0.1) is 6.61 Å². The van der Waals surface area contributed by atoms with Crippen LogP contribution >= 0.6 is 0 Å². The van der Waals surface area contributed by atoms with E-state index in [1.807, 2.05) is 48.5 Å². The third-order valence-corrected chi connectivity index (χ3v) is 5.30. The van der Waals surface area contributed by atoms with E-state index < -0.39 is 0 Å². The van der Waals surface area contributed by atoms with Gasteiger partial charge in [0, 0.05) is 18.2 Å². The Labute approximate surface area is 189 Å². The lowest BCUT2D eigenvalue weighted by Crippen LogP contribution is -2.10. The van der Waals surface area contributed by atoms with E-state index in [0.717, 1.165) is 28.0 Å². The first-order valence-corrected chi connectivity index (χ1v) is 10.7. The molecular weight excluding hydrogens is 400 g/mol. The van der Waals surface area contributed by atoms with Crippen LogP contribution in [-0.2, 0) is 10.2 Å². The van der Waals surface area contributed by atoms with E-state index in [0.29, 0.717) is 25.0 Å². The van der Waals surface area contributed by atoms with E-state index in [1.54, 1.807) is 7.11 Å². The number of aromatic nitrogens is 2. The van der Waals surface area contributed by atoms with Crippen LogP contribution in [0.2, 0.25) is 0 Å². The minimum atomic E-state index is 0.109. The summed E-state index contributed by atoms with van der Waals surface area (Å²) in [5.41, 5.74) is 5.40. The quantitative estimate of drug-likeness (QED) is 0.319. The standard InChI is InChI=1S/C27H28N2O3/c1-27(2,3)23-13-9-22(10-14-23)26-29-28-25(32-26)21-7-5-19(6-8-21)20-11-15-24(16-12-20)31-18-17-30-4/h5-16H,17-18H2,1-4H3. The molecule has 0 amide bonds. The van der Waals surface area contributed by atoms with Crippen LogP contribution in [0.5, 0.6) is 5.75 Å². The topological polar surface area (TPSA) is 57.4 Å². The van der Waals surface area contributed by atoms with E-state index in [1.165, 1.54) is 5.56 Å². The molecular formula is C27H28N2O3. The molecule has 4 aromatic rings. The molecule has 0 aliphatic rings. The molecule has 0 aliphatic heterocycles. The van der Waals surface area contributed by atoms with Gasteiger partial charge in [-0.15, -0.1) is 10.2 Å². The number of ether oxygens (including phenoxy) is 2. The van der Waals surface area contributed by atoms with Gasteiger partial charge in [-0.3, -0.25) is 0 Å². The van der Waals surface area contributed by atoms with Crippen molar-refractivity contribution in [3.8, 4) is 39.8 Å². The maximum absolute atomic E-state index is 5.94. The van der Waals surface area contributed by atoms with Gasteiger partial charge in [-0.25, -0.2) is 0 Å². The van der Waals surface area contributed by atoms with Crippen molar-refractivity contribution in [3.63, 3.8) is 0 Å². The Balaban J connectivity index is 1.46. The minimum Gasteiger partial charge on any atom is -0.491 e. The van der Waals surface area contributed by atoms with Crippen LogP contribution in [-0.4, -0.2) is 30.5 Å². The zero-order valence-electron chi connectivity index (χ0n) is 19.0. The fourth-order valence-electron chi connectivity index (χ4n) is 3.36. The van der Waals surface area contributed by atoms with Crippen LogP contribution in [0.15, 0.2) is 77.2 Å². The summed E-state index contributed by atoms with van der Waals surface area (Å²) in [6, 6.07) is 24.4. The van der Waals surface area contributed by atoms with E-state index in [4.69, 9.17) is 13.9 Å². The van der Waals surface area contributed by atoms with Crippen molar-refractivity contribution in [2.75, 3.05) is 20.3 Å². The second kappa shape index (κ2) is 9.37. The molecule has 1 aromatic heterocycles. The van der Waals surface area contributed by atoms with E-state index >= 15 is 0 Å². The van der Waals surface area contributed by atoms with E-state index in [2.05, 4.69) is 55.2 Å². The number of methoxy groups -OCH3 is 1. The molecule has 0 saturated heterocycles. The Hall–Kier alpha value is -3.44. The molecule has 0 fully saturated rings. The number of hydrogen-bond donors (Lipinski definition) is 0. The highest BCUT2D eigenvalue weighted by Crippen LogP contribution is 2.29. The largest absolute Gasteiger partial charge is 0.491 e. The fraction of sp³-hybridized carbons (Fsp3) is 0.259. The van der Waals surface area contributed by atoms with Crippen LogP contribution in [0.1, 0.15) is 26.3 Å². The van der Waals surface area contributed by atoms with Gasteiger partial charge in [0.25, 0.3) is 0 Å². The summed E-state index contributed by atoms with van der Waals surface area (Å²) in [6.07, 6.45) is 0. The van der Waals surface area contributed by atoms with Crippen molar-refractivity contribution < 1.29 is 13.9 Å². The number of hydrogen-bond acceptors (Lipinski definition) is 5. The molecule has 1 heterocycles. The van der Waals surface area contributed by atoms with Crippen molar-refractivity contribution in [1.82, 2.24) is 10.2 Å². The lowest BCUT2D eigenvalue weighted by Gasteiger charge is -2.18. The monoisotopic (exact) mass is 428 g/mol. The summed E-state index contributed by atoms with van der Waals surface area (Å²) < 4.78 is 16.6. The van der Waals surface area contributed by atoms with Crippen LogP contribution in [0.3, 0.4) is 0 Å². The molecule has 164 valence electrons. The SMILES string of the molecule is COCCOc1ccc(-c2ccc(-c3nnc(-c4ccc(C(C)(C)C)cc4)o3)cc2)cc1.